The van der Waals surface area contributed by atoms with Crippen molar-refractivity contribution < 1.29 is 18.0 Å². The lowest BCUT2D eigenvalue weighted by molar-refractivity contribution is -0.0955. The number of rotatable bonds is 1. The fourth-order valence-electron chi connectivity index (χ4n) is 0.482. The molecule has 4 nitrogen and oxygen atoms in total. The minimum absolute atomic E-state index is 0.784. The predicted octanol–water partition coefficient (Wildman–Crippen LogP) is 1.61. The molecule has 0 aliphatic heterocycles. The standard InChI is InChI=1S/C6H5BrF3N3O/c1-12-5(14)13-4(3(7)2-11)6(8,9)10/h1H3,(H2,12,13,14). The average Bonchev–Trinajstić information content (AvgIpc) is 2.10. The van der Waals surface area contributed by atoms with Gasteiger partial charge in [-0.05, 0) is 15.9 Å². The maximum atomic E-state index is 12.2. The molecule has 78 valence electrons. The highest BCUT2D eigenvalue weighted by Crippen LogP contribution is 2.28. The first-order valence-corrected chi connectivity index (χ1v) is 3.98. The first kappa shape index (κ1) is 12.8. The molecule has 0 fully saturated rings. The molecule has 14 heavy (non-hydrogen) atoms. The number of amides is 2. The maximum absolute atomic E-state index is 12.2. The van der Waals surface area contributed by atoms with E-state index in [1.807, 2.05) is 5.32 Å². The maximum Gasteiger partial charge on any atom is 0.433 e. The molecular weight excluding hydrogens is 267 g/mol. The normalized spacial score (nSPS) is 12.6. The molecule has 0 aromatic carbocycles. The van der Waals surface area contributed by atoms with Gasteiger partial charge in [0.15, 0.2) is 0 Å². The molecule has 0 spiro atoms. The molecule has 0 aliphatic carbocycles. The van der Waals surface area contributed by atoms with Crippen molar-refractivity contribution in [1.82, 2.24) is 10.6 Å². The van der Waals surface area contributed by atoms with Gasteiger partial charge in [-0.2, -0.15) is 18.4 Å². The number of nitriles is 1. The Labute approximate surface area is 85.9 Å². The Morgan fingerprint density at radius 3 is 2.29 bits per heavy atom. The lowest BCUT2D eigenvalue weighted by Crippen LogP contribution is -2.37. The van der Waals surface area contributed by atoms with Gasteiger partial charge in [0.2, 0.25) is 0 Å². The molecule has 0 radical (unpaired) electrons. The molecule has 2 amide bonds. The third-order valence-corrected chi connectivity index (χ3v) is 1.64. The molecule has 0 rings (SSSR count). The summed E-state index contributed by atoms with van der Waals surface area (Å²) >= 11 is 2.39. The minimum atomic E-state index is -4.79. The second-order valence-corrected chi connectivity index (χ2v) is 2.80. The summed E-state index contributed by atoms with van der Waals surface area (Å²) in [5.41, 5.74) is -1.43. The van der Waals surface area contributed by atoms with Crippen molar-refractivity contribution in [2.24, 2.45) is 0 Å². The molecule has 0 aromatic heterocycles. The van der Waals surface area contributed by atoms with Crippen LogP contribution >= 0.6 is 15.9 Å². The molecule has 0 atom stereocenters. The Bertz CT molecular complexity index is 304. The molecule has 8 heteroatoms. The number of alkyl halides is 3. The van der Waals surface area contributed by atoms with Gasteiger partial charge in [0, 0.05) is 7.05 Å². The van der Waals surface area contributed by atoms with Crippen LogP contribution in [-0.2, 0) is 0 Å². The van der Waals surface area contributed by atoms with Crippen LogP contribution in [-0.4, -0.2) is 19.3 Å². The van der Waals surface area contributed by atoms with Crippen molar-refractivity contribution in [3.63, 3.8) is 0 Å². The van der Waals surface area contributed by atoms with Gasteiger partial charge < -0.3 is 10.6 Å². The largest absolute Gasteiger partial charge is 0.433 e. The lowest BCUT2D eigenvalue weighted by atomic mass is 10.4. The zero-order valence-electron chi connectivity index (χ0n) is 6.87. The molecule has 0 aliphatic rings. The van der Waals surface area contributed by atoms with Crippen molar-refractivity contribution in [3.8, 4) is 6.07 Å². The van der Waals surface area contributed by atoms with E-state index in [4.69, 9.17) is 5.26 Å². The van der Waals surface area contributed by atoms with Crippen LogP contribution in [0.25, 0.3) is 0 Å². The Kier molecular flexibility index (Phi) is 4.43. The Balaban J connectivity index is 4.98. The Morgan fingerprint density at radius 1 is 1.50 bits per heavy atom. The zero-order chi connectivity index (χ0) is 11.4. The number of allylic oxidation sites excluding steroid dienone is 2. The number of carbonyl (C=O) groups is 1. The lowest BCUT2D eigenvalue weighted by Gasteiger charge is -2.12. The van der Waals surface area contributed by atoms with Gasteiger partial charge in [0.05, 0.1) is 0 Å². The summed E-state index contributed by atoms with van der Waals surface area (Å²) in [5, 5.41) is 11.7. The highest BCUT2D eigenvalue weighted by Gasteiger charge is 2.37. The van der Waals surface area contributed by atoms with Crippen molar-refractivity contribution in [3.05, 3.63) is 10.2 Å². The summed E-state index contributed by atoms with van der Waals surface area (Å²) in [6, 6.07) is 0.183. The van der Waals surface area contributed by atoms with Crippen molar-refractivity contribution in [2.75, 3.05) is 7.05 Å². The number of urea groups is 1. The van der Waals surface area contributed by atoms with Crippen LogP contribution < -0.4 is 10.6 Å². The number of hydrogen-bond donors (Lipinski definition) is 2. The van der Waals surface area contributed by atoms with Crippen molar-refractivity contribution in [2.45, 2.75) is 6.18 Å². The minimum Gasteiger partial charge on any atom is -0.341 e. The zero-order valence-corrected chi connectivity index (χ0v) is 8.45. The smallest absolute Gasteiger partial charge is 0.341 e. The summed E-state index contributed by atoms with van der Waals surface area (Å²) < 4.78 is 35.7. The molecule has 0 saturated carbocycles. The first-order valence-electron chi connectivity index (χ1n) is 3.18. The highest BCUT2D eigenvalue weighted by atomic mass is 79.9. The average molecular weight is 272 g/mol. The molecule has 0 heterocycles. The predicted molar refractivity (Wildman–Crippen MR) is 45.2 cm³/mol. The van der Waals surface area contributed by atoms with E-state index in [1.54, 1.807) is 0 Å². The monoisotopic (exact) mass is 271 g/mol. The van der Waals surface area contributed by atoms with E-state index in [2.05, 4.69) is 15.9 Å². The number of carbonyl (C=O) groups excluding carboxylic acids is 1. The van der Waals surface area contributed by atoms with Crippen LogP contribution in [0.3, 0.4) is 0 Å². The van der Waals surface area contributed by atoms with Crippen LogP contribution in [0.15, 0.2) is 10.2 Å². The fraction of sp³-hybridized carbons (Fsp3) is 0.333. The summed E-state index contributed by atoms with van der Waals surface area (Å²) in [7, 11) is 1.16. The number of nitrogens with one attached hydrogen (secondary N) is 2. The van der Waals surface area contributed by atoms with Crippen molar-refractivity contribution >= 4 is 22.0 Å². The number of nitrogens with zero attached hydrogens (tertiary/aromatic N) is 1. The molecule has 0 unspecified atom stereocenters. The van der Waals surface area contributed by atoms with Gasteiger partial charge in [-0.3, -0.25) is 0 Å². The topological polar surface area (TPSA) is 64.9 Å². The fourth-order valence-corrected chi connectivity index (χ4v) is 0.806. The Hall–Kier alpha value is -1.23. The van der Waals surface area contributed by atoms with Gasteiger partial charge in [0.1, 0.15) is 16.2 Å². The summed E-state index contributed by atoms with van der Waals surface area (Å²) in [5.74, 6) is 0. The van der Waals surface area contributed by atoms with E-state index in [0.29, 0.717) is 0 Å². The van der Waals surface area contributed by atoms with Crippen LogP contribution in [0, 0.1) is 11.3 Å². The molecule has 0 aromatic rings. The van der Waals surface area contributed by atoms with Gasteiger partial charge in [-0.1, -0.05) is 0 Å². The van der Waals surface area contributed by atoms with Gasteiger partial charge in [-0.15, -0.1) is 0 Å². The van der Waals surface area contributed by atoms with E-state index in [1.165, 1.54) is 11.4 Å². The SMILES string of the molecule is CNC(=O)NC(=C(Br)C#N)C(F)(F)F. The number of halogens is 4. The number of hydrogen-bond acceptors (Lipinski definition) is 2. The third kappa shape index (κ3) is 3.66. The summed E-state index contributed by atoms with van der Waals surface area (Å²) in [6.07, 6.45) is -4.79. The summed E-state index contributed by atoms with van der Waals surface area (Å²) in [6.45, 7) is 0. The van der Waals surface area contributed by atoms with E-state index < -0.39 is 22.4 Å². The highest BCUT2D eigenvalue weighted by molar-refractivity contribution is 9.12. The third-order valence-electron chi connectivity index (χ3n) is 1.07. The van der Waals surface area contributed by atoms with E-state index >= 15 is 0 Å². The quantitative estimate of drug-likeness (QED) is 0.712. The van der Waals surface area contributed by atoms with Crippen molar-refractivity contribution in [1.29, 1.82) is 5.26 Å². The molecular formula is C6H5BrF3N3O. The van der Waals surface area contributed by atoms with Crippen LogP contribution in [0.2, 0.25) is 0 Å². The van der Waals surface area contributed by atoms with E-state index in [0.717, 1.165) is 7.05 Å². The van der Waals surface area contributed by atoms with Crippen LogP contribution in [0.1, 0.15) is 0 Å². The van der Waals surface area contributed by atoms with Crippen LogP contribution in [0.5, 0.6) is 0 Å². The second kappa shape index (κ2) is 4.85. The molecule has 0 bridgehead atoms. The Morgan fingerprint density at radius 2 is 2.00 bits per heavy atom. The summed E-state index contributed by atoms with van der Waals surface area (Å²) in [4.78, 5) is 10.6. The van der Waals surface area contributed by atoms with E-state index in [9.17, 15) is 18.0 Å². The second-order valence-electron chi connectivity index (χ2n) is 2.00. The first-order chi connectivity index (χ1) is 6.32. The van der Waals surface area contributed by atoms with E-state index in [-0.39, 0.29) is 0 Å². The molecule has 0 saturated heterocycles. The van der Waals surface area contributed by atoms with Gasteiger partial charge >= 0.3 is 12.2 Å². The molecule has 2 N–H and O–H groups in total. The van der Waals surface area contributed by atoms with Gasteiger partial charge in [-0.25, -0.2) is 4.79 Å². The van der Waals surface area contributed by atoms with Crippen LogP contribution in [0.4, 0.5) is 18.0 Å². The van der Waals surface area contributed by atoms with Gasteiger partial charge in [0.25, 0.3) is 0 Å².